The molecule has 2 rings (SSSR count). The minimum absolute atomic E-state index is 0.130. The maximum Gasteiger partial charge on any atom is 0.227 e. The van der Waals surface area contributed by atoms with Gasteiger partial charge in [0.2, 0.25) is 5.91 Å². The Hall–Kier alpha value is -0.920. The summed E-state index contributed by atoms with van der Waals surface area (Å²) >= 11 is 3.38. The third kappa shape index (κ3) is 5.70. The Morgan fingerprint density at radius 2 is 1.73 bits per heavy atom. The van der Waals surface area contributed by atoms with Crippen LogP contribution < -0.4 is 0 Å². The molecule has 0 unspecified atom stereocenters. The summed E-state index contributed by atoms with van der Waals surface area (Å²) in [4.78, 5) is 16.2. The van der Waals surface area contributed by atoms with Gasteiger partial charge in [0, 0.05) is 43.5 Å². The number of carbonyl (C=O) groups is 1. The van der Waals surface area contributed by atoms with Crippen LogP contribution in [-0.2, 0) is 21.1 Å². The van der Waals surface area contributed by atoms with Gasteiger partial charge in [0.05, 0.1) is 12.2 Å². The van der Waals surface area contributed by atoms with E-state index in [1.165, 1.54) is 6.26 Å². The van der Waals surface area contributed by atoms with Gasteiger partial charge in [-0.25, -0.2) is 8.42 Å². The number of rotatable bonds is 5. The number of hydrogen-bond acceptors (Lipinski definition) is 4. The quantitative estimate of drug-likeness (QED) is 0.759. The van der Waals surface area contributed by atoms with Gasteiger partial charge >= 0.3 is 0 Å². The van der Waals surface area contributed by atoms with E-state index in [1.54, 1.807) is 0 Å². The third-order valence-electron chi connectivity index (χ3n) is 3.77. The zero-order valence-electron chi connectivity index (χ0n) is 12.7. The molecule has 122 valence electrons. The average Bonchev–Trinajstić information content (AvgIpc) is 2.47. The van der Waals surface area contributed by atoms with E-state index in [2.05, 4.69) is 20.8 Å². The van der Waals surface area contributed by atoms with Gasteiger partial charge in [0.1, 0.15) is 9.84 Å². The van der Waals surface area contributed by atoms with Crippen LogP contribution in [0.3, 0.4) is 0 Å². The van der Waals surface area contributed by atoms with Crippen molar-refractivity contribution < 1.29 is 13.2 Å². The van der Waals surface area contributed by atoms with Gasteiger partial charge in [-0.15, -0.1) is 0 Å². The van der Waals surface area contributed by atoms with Gasteiger partial charge in [-0.3, -0.25) is 9.69 Å². The first-order chi connectivity index (χ1) is 10.3. The highest BCUT2D eigenvalue weighted by Gasteiger charge is 2.21. The van der Waals surface area contributed by atoms with E-state index < -0.39 is 9.84 Å². The van der Waals surface area contributed by atoms with E-state index in [9.17, 15) is 13.2 Å². The summed E-state index contributed by atoms with van der Waals surface area (Å²) < 4.78 is 23.4. The van der Waals surface area contributed by atoms with Crippen LogP contribution in [0.1, 0.15) is 5.56 Å². The monoisotopic (exact) mass is 388 g/mol. The molecule has 1 heterocycles. The second-order valence-electron chi connectivity index (χ2n) is 5.66. The lowest BCUT2D eigenvalue weighted by molar-refractivity contribution is -0.132. The lowest BCUT2D eigenvalue weighted by Crippen LogP contribution is -2.50. The summed E-state index contributed by atoms with van der Waals surface area (Å²) in [5.41, 5.74) is 1.01. The molecule has 1 amide bonds. The first-order valence-corrected chi connectivity index (χ1v) is 10.1. The van der Waals surface area contributed by atoms with Crippen molar-refractivity contribution >= 4 is 31.7 Å². The molecule has 1 fully saturated rings. The summed E-state index contributed by atoms with van der Waals surface area (Å²) in [7, 11) is -2.92. The fourth-order valence-electron chi connectivity index (χ4n) is 2.40. The molecule has 0 radical (unpaired) electrons. The van der Waals surface area contributed by atoms with Crippen LogP contribution in [0.25, 0.3) is 0 Å². The second-order valence-corrected chi connectivity index (χ2v) is 8.83. The SMILES string of the molecule is CS(=O)(=O)CCN1CCN(C(=O)Cc2ccc(Br)cc2)CC1. The summed E-state index contributed by atoms with van der Waals surface area (Å²) in [5, 5.41) is 0. The first-order valence-electron chi connectivity index (χ1n) is 7.26. The highest BCUT2D eigenvalue weighted by atomic mass is 79.9. The van der Waals surface area contributed by atoms with E-state index in [4.69, 9.17) is 0 Å². The zero-order chi connectivity index (χ0) is 16.2. The van der Waals surface area contributed by atoms with Gasteiger partial charge in [-0.05, 0) is 17.7 Å². The van der Waals surface area contributed by atoms with Gasteiger partial charge in [-0.2, -0.15) is 0 Å². The number of halogens is 1. The fraction of sp³-hybridized carbons (Fsp3) is 0.533. The van der Waals surface area contributed by atoms with Crippen molar-refractivity contribution in [1.29, 1.82) is 0 Å². The maximum atomic E-state index is 12.3. The molecule has 1 aliphatic heterocycles. The lowest BCUT2D eigenvalue weighted by Gasteiger charge is -2.34. The largest absolute Gasteiger partial charge is 0.340 e. The van der Waals surface area contributed by atoms with Crippen molar-refractivity contribution in [2.45, 2.75) is 6.42 Å². The summed E-state index contributed by atoms with van der Waals surface area (Å²) in [6, 6.07) is 7.77. The van der Waals surface area contributed by atoms with Gasteiger partial charge < -0.3 is 4.90 Å². The van der Waals surface area contributed by atoms with Crippen LogP contribution in [0.15, 0.2) is 28.7 Å². The number of amides is 1. The molecule has 0 aliphatic carbocycles. The van der Waals surface area contributed by atoms with Gasteiger partial charge in [-0.1, -0.05) is 28.1 Å². The second kappa shape index (κ2) is 7.57. The molecule has 1 aromatic rings. The van der Waals surface area contributed by atoms with Crippen LogP contribution in [0.5, 0.6) is 0 Å². The van der Waals surface area contributed by atoms with Gasteiger partial charge in [0.25, 0.3) is 0 Å². The smallest absolute Gasteiger partial charge is 0.227 e. The number of nitrogens with zero attached hydrogens (tertiary/aromatic N) is 2. The molecule has 1 aromatic carbocycles. The molecule has 0 N–H and O–H groups in total. The Bertz CT molecular complexity index is 608. The molecule has 0 saturated carbocycles. The summed E-state index contributed by atoms with van der Waals surface area (Å²) in [6.45, 7) is 3.36. The fourth-order valence-corrected chi connectivity index (χ4v) is 3.26. The highest BCUT2D eigenvalue weighted by molar-refractivity contribution is 9.10. The van der Waals surface area contributed by atoms with Crippen molar-refractivity contribution in [2.75, 3.05) is 44.7 Å². The molecule has 0 bridgehead atoms. The van der Waals surface area contributed by atoms with Gasteiger partial charge in [0.15, 0.2) is 0 Å². The zero-order valence-corrected chi connectivity index (χ0v) is 15.1. The molecule has 5 nitrogen and oxygen atoms in total. The Morgan fingerprint density at radius 1 is 1.14 bits per heavy atom. The molecule has 22 heavy (non-hydrogen) atoms. The number of piperazine rings is 1. The van der Waals surface area contributed by atoms with Crippen LogP contribution in [-0.4, -0.2) is 68.9 Å². The molecule has 0 spiro atoms. The maximum absolute atomic E-state index is 12.3. The number of sulfone groups is 1. The molecule has 0 aromatic heterocycles. The third-order valence-corrected chi connectivity index (χ3v) is 5.22. The highest BCUT2D eigenvalue weighted by Crippen LogP contribution is 2.12. The lowest BCUT2D eigenvalue weighted by atomic mass is 10.1. The van der Waals surface area contributed by atoms with Crippen molar-refractivity contribution in [1.82, 2.24) is 9.80 Å². The van der Waals surface area contributed by atoms with E-state index >= 15 is 0 Å². The van der Waals surface area contributed by atoms with E-state index in [0.717, 1.165) is 23.1 Å². The normalized spacial score (nSPS) is 16.7. The van der Waals surface area contributed by atoms with Crippen molar-refractivity contribution in [3.8, 4) is 0 Å². The molecular formula is C15H21BrN2O3S. The predicted octanol–water partition coefficient (Wildman–Crippen LogP) is 1.18. The van der Waals surface area contributed by atoms with Crippen molar-refractivity contribution in [3.05, 3.63) is 34.3 Å². The molecule has 1 saturated heterocycles. The van der Waals surface area contributed by atoms with Crippen LogP contribution in [0, 0.1) is 0 Å². The molecule has 7 heteroatoms. The topological polar surface area (TPSA) is 57.7 Å². The number of carbonyl (C=O) groups excluding carboxylic acids is 1. The minimum atomic E-state index is -2.92. The molecule has 1 aliphatic rings. The van der Waals surface area contributed by atoms with Crippen molar-refractivity contribution in [2.24, 2.45) is 0 Å². The van der Waals surface area contributed by atoms with Crippen LogP contribution >= 0.6 is 15.9 Å². The average molecular weight is 389 g/mol. The van der Waals surface area contributed by atoms with Crippen LogP contribution in [0.2, 0.25) is 0 Å². The molecule has 0 atom stereocenters. The van der Waals surface area contributed by atoms with E-state index in [1.807, 2.05) is 29.2 Å². The Labute approximate surface area is 140 Å². The minimum Gasteiger partial charge on any atom is -0.340 e. The standard InChI is InChI=1S/C15H21BrN2O3S/c1-22(20,21)11-10-17-6-8-18(9-7-17)15(19)12-13-2-4-14(16)5-3-13/h2-5H,6-12H2,1H3. The summed E-state index contributed by atoms with van der Waals surface area (Å²) in [5.74, 6) is 0.310. The first kappa shape index (κ1) is 17.4. The number of hydrogen-bond donors (Lipinski definition) is 0. The van der Waals surface area contributed by atoms with E-state index in [-0.39, 0.29) is 11.7 Å². The Morgan fingerprint density at radius 3 is 2.27 bits per heavy atom. The Balaban J connectivity index is 1.78. The Kier molecular flexibility index (Phi) is 6.00. The number of benzene rings is 1. The van der Waals surface area contributed by atoms with Crippen molar-refractivity contribution in [3.63, 3.8) is 0 Å². The van der Waals surface area contributed by atoms with Crippen LogP contribution in [0.4, 0.5) is 0 Å². The predicted molar refractivity (Wildman–Crippen MR) is 90.6 cm³/mol. The summed E-state index contributed by atoms with van der Waals surface area (Å²) in [6.07, 6.45) is 1.67. The molecular weight excluding hydrogens is 368 g/mol. The van der Waals surface area contributed by atoms with E-state index in [0.29, 0.717) is 26.1 Å².